The number of nitrogens with two attached hydrogens (primary N) is 1. The van der Waals surface area contributed by atoms with E-state index < -0.39 is 61.5 Å². The second kappa shape index (κ2) is 32.7. The molecule has 0 saturated carbocycles. The van der Waals surface area contributed by atoms with Crippen LogP contribution in [-0.2, 0) is 19.0 Å². The van der Waals surface area contributed by atoms with Gasteiger partial charge in [-0.3, -0.25) is 4.79 Å². The lowest BCUT2D eigenvalue weighted by molar-refractivity contribution is -0.304. The zero-order chi connectivity index (χ0) is 41.1. The lowest BCUT2D eigenvalue weighted by Gasteiger charge is -2.40. The molecule has 0 aromatic rings. The first-order valence-electron chi connectivity index (χ1n) is 17.9. The average Bonchev–Trinajstić information content (AvgIpc) is 3.19. The van der Waals surface area contributed by atoms with E-state index in [1.165, 1.54) is 0 Å². The number of aliphatic hydroxyl groups is 5. The van der Waals surface area contributed by atoms with Crippen LogP contribution in [0, 0.1) is 130 Å². The minimum Gasteiger partial charge on any atom is -0.390 e. The van der Waals surface area contributed by atoms with Crippen LogP contribution in [0.1, 0.15) is 96.6 Å². The van der Waals surface area contributed by atoms with E-state index in [0.717, 1.165) is 38.5 Å². The Bertz CT molecular complexity index is 2040. The topological polar surface area (TPSA) is 184 Å². The monoisotopic (exact) mass is 803 g/mol. The predicted molar refractivity (Wildman–Crippen MR) is 257 cm³/mol. The lowest BCUT2D eigenvalue weighted by Crippen LogP contribution is -2.60. The quantitative estimate of drug-likeness (QED) is 0.0764. The van der Waals surface area contributed by atoms with Crippen molar-refractivity contribution in [2.24, 2.45) is 5.73 Å². The van der Waals surface area contributed by atoms with E-state index >= 15 is 0 Å². The molecule has 0 aliphatic carbocycles. The Kier molecular flexibility index (Phi) is 28.2. The first-order valence-corrected chi connectivity index (χ1v) is 17.9. The molecule has 334 valence electrons. The normalized spacial score (nSPS) is 18.5. The van der Waals surface area contributed by atoms with E-state index in [2.05, 4.69) is 136 Å². The van der Waals surface area contributed by atoms with E-state index in [1.807, 2.05) is 6.92 Å². The molecule has 1 aliphatic rings. The van der Waals surface area contributed by atoms with Crippen LogP contribution in [0.15, 0.2) is 0 Å². The number of hydrogen-bond donors (Lipinski definition) is 7. The summed E-state index contributed by atoms with van der Waals surface area (Å²) >= 11 is 0. The number of amides is 1. The fraction of sp³-hybridized carbons (Fsp3) is 0.489. The third-order valence-electron chi connectivity index (χ3n) is 7.35. The van der Waals surface area contributed by atoms with Crippen LogP contribution in [0.2, 0.25) is 0 Å². The van der Waals surface area contributed by atoms with Crippen LogP contribution in [0.25, 0.3) is 0 Å². The van der Waals surface area contributed by atoms with Gasteiger partial charge in [0.15, 0.2) is 6.29 Å². The number of unbranched alkanes of at least 4 members (excludes halogenated alkanes) is 5. The molecule has 1 fully saturated rings. The second-order valence-corrected chi connectivity index (χ2v) is 11.6. The van der Waals surface area contributed by atoms with Crippen LogP contribution in [0.4, 0.5) is 0 Å². The van der Waals surface area contributed by atoms with Crippen molar-refractivity contribution in [3.63, 3.8) is 0 Å². The van der Waals surface area contributed by atoms with E-state index in [-0.39, 0.29) is 44.4 Å². The first kappa shape index (κ1) is 48.3. The van der Waals surface area contributed by atoms with Gasteiger partial charge in [-0.05, 0) is 127 Å². The van der Waals surface area contributed by atoms with Gasteiger partial charge < -0.3 is 50.8 Å². The van der Waals surface area contributed by atoms with Crippen molar-refractivity contribution in [2.45, 2.75) is 114 Å². The summed E-state index contributed by atoms with van der Waals surface area (Å²) in [6, 6.07) is -1.21. The minimum absolute atomic E-state index is 0. The highest BCUT2D eigenvalue weighted by molar-refractivity contribution is 5.94. The van der Waals surface area contributed by atoms with Gasteiger partial charge in [0.05, 0.1) is 25.4 Å². The van der Waals surface area contributed by atoms with Gasteiger partial charge in [-0.1, -0.05) is 44.9 Å². The number of ether oxygens (including phenoxy) is 3. The zero-order valence-corrected chi connectivity index (χ0v) is 31.6. The van der Waals surface area contributed by atoms with Gasteiger partial charge in [-0.25, -0.2) is 0 Å². The van der Waals surface area contributed by atoms with Crippen molar-refractivity contribution in [1.82, 2.24) is 5.32 Å². The molecule has 8 N–H and O–H groups in total. The molecule has 1 heterocycles. The summed E-state index contributed by atoms with van der Waals surface area (Å²) in [5, 5.41) is 55.5. The summed E-state index contributed by atoms with van der Waals surface area (Å²) in [4.78, 5) is 12.6. The Hall–Kier alpha value is -5.73. The maximum atomic E-state index is 12.6. The van der Waals surface area contributed by atoms with Gasteiger partial charge in [0.2, 0.25) is 0 Å². The largest absolute Gasteiger partial charge is 0.390 e. The summed E-state index contributed by atoms with van der Waals surface area (Å²) in [5.74, 6) is 53.4. The smallest absolute Gasteiger partial charge is 0.297 e. The van der Waals surface area contributed by atoms with Crippen LogP contribution in [0.3, 0.4) is 0 Å². The molecule has 0 bridgehead atoms. The van der Waals surface area contributed by atoms with Crippen molar-refractivity contribution in [3.05, 3.63) is 0 Å². The molecular formula is C45H90N2O9. The molecule has 56 heavy (non-hydrogen) atoms. The Labute approximate surface area is 364 Å². The molecule has 0 aromatic carbocycles. The fourth-order valence-corrected chi connectivity index (χ4v) is 4.48. The van der Waals surface area contributed by atoms with Gasteiger partial charge in [-0.15, -0.1) is 0 Å². The number of rotatable bonds is 18. The van der Waals surface area contributed by atoms with Crippen molar-refractivity contribution in [3.8, 4) is 130 Å². The molecule has 5 unspecified atom stereocenters. The third kappa shape index (κ3) is 23.1. The standard InChI is InChI=1S/C45H46N2O9.22H2/c1-3-5-7-8-9-10-11-12-13-14-15-16-17-18-19-20-21-22-23-24-28-32-40(49)47-37(41(50)38(48)31-27-6-4-2)35-55-45-44(53)43(52)42(51)39(56-45)36-54-34-30-26-25-29-33-46;;;;;;;;;;;;;;;;;;;;;;/h37-39,41-45,48,50-53H,4,6,25-27,29-31,33-36,46H2,1-2H3,(H,47,49);22*1H/t37-,38+,39?,41-,42?,43?,44?,45?;;;;;;;;;;;;;;;;;;;;;;/m0....................../s1. The molecule has 0 radical (unpaired) electrons. The Morgan fingerprint density at radius 2 is 1.23 bits per heavy atom. The highest BCUT2D eigenvalue weighted by atomic mass is 16.7. The number of nitrogens with one attached hydrogen (secondary N) is 1. The van der Waals surface area contributed by atoms with Crippen LogP contribution >= 0.6 is 0 Å². The molecule has 0 spiro atoms. The fourth-order valence-electron chi connectivity index (χ4n) is 4.48. The van der Waals surface area contributed by atoms with Gasteiger partial charge in [0.1, 0.15) is 30.5 Å². The summed E-state index contributed by atoms with van der Waals surface area (Å²) in [5.41, 5.74) is 5.51. The Morgan fingerprint density at radius 3 is 1.75 bits per heavy atom. The third-order valence-corrected chi connectivity index (χ3v) is 7.35. The molecule has 11 heteroatoms. The highest BCUT2D eigenvalue weighted by Crippen LogP contribution is 2.23. The minimum atomic E-state index is -1.66. The number of carbonyl (C=O) groups excluding carboxylic acids is 1. The number of hydrogen-bond acceptors (Lipinski definition) is 10. The lowest BCUT2D eigenvalue weighted by atomic mass is 9.99. The zero-order valence-electron chi connectivity index (χ0n) is 31.6. The van der Waals surface area contributed by atoms with Crippen molar-refractivity contribution < 1.29 is 75.9 Å². The van der Waals surface area contributed by atoms with E-state index in [9.17, 15) is 30.3 Å². The summed E-state index contributed by atoms with van der Waals surface area (Å²) in [6.45, 7) is 4.17. The predicted octanol–water partition coefficient (Wildman–Crippen LogP) is 4.60. The van der Waals surface area contributed by atoms with Gasteiger partial charge in [-0.2, -0.15) is 0 Å². The second-order valence-electron chi connectivity index (χ2n) is 11.6. The molecule has 1 amide bonds. The van der Waals surface area contributed by atoms with Gasteiger partial charge >= 0.3 is 0 Å². The maximum absolute atomic E-state index is 12.6. The molecule has 8 atom stereocenters. The summed E-state index contributed by atoms with van der Waals surface area (Å²) < 4.78 is 17.0. The van der Waals surface area contributed by atoms with E-state index in [0.29, 0.717) is 19.6 Å². The number of aliphatic hydroxyl groups excluding tert-OH is 5. The molecule has 0 aromatic heterocycles. The van der Waals surface area contributed by atoms with Gasteiger partial charge in [0.25, 0.3) is 5.91 Å². The number of carbonyl (C=O) groups is 1. The molecule has 11 nitrogen and oxygen atoms in total. The first-order chi connectivity index (χ1) is 27.3. The molecule has 1 aliphatic heterocycles. The summed E-state index contributed by atoms with van der Waals surface area (Å²) in [6.07, 6.45) is -3.69. The van der Waals surface area contributed by atoms with Crippen molar-refractivity contribution in [2.75, 3.05) is 26.4 Å². The van der Waals surface area contributed by atoms with E-state index in [4.69, 9.17) is 19.9 Å². The Morgan fingerprint density at radius 1 is 0.714 bits per heavy atom. The average molecular weight is 803 g/mol. The molecule has 1 saturated heterocycles. The van der Waals surface area contributed by atoms with Crippen molar-refractivity contribution in [1.29, 1.82) is 0 Å². The van der Waals surface area contributed by atoms with Crippen LogP contribution in [-0.4, -0.2) is 107 Å². The Balaban J connectivity index is -0.0000000713. The van der Waals surface area contributed by atoms with Gasteiger partial charge in [0, 0.05) is 67.6 Å². The maximum Gasteiger partial charge on any atom is 0.297 e. The van der Waals surface area contributed by atoms with Crippen LogP contribution in [0.5, 0.6) is 0 Å². The molecule has 1 rings (SSSR count). The van der Waals surface area contributed by atoms with E-state index in [1.54, 1.807) is 6.92 Å². The summed E-state index contributed by atoms with van der Waals surface area (Å²) in [7, 11) is 0. The van der Waals surface area contributed by atoms with Crippen LogP contribution < -0.4 is 11.1 Å². The SMILES string of the molecule is CC#CC#CC#CC#CC#CC#CC#CC#CC#CC#CC#CC(=O)N[C@@H](COC1OC(COCCCCCCN)C(O)C(O)C1O)[C@H](O)[C@H](O)CCCCC.[HH].[HH].[HH].[HH].[HH].[HH].[HH].[HH].[HH].[HH].[HH].[HH].[HH].[HH].[HH].[HH].[HH].[HH].[HH].[HH].[HH].[HH]. The highest BCUT2D eigenvalue weighted by Gasteiger charge is 2.45. The molecular weight excluding hydrogens is 713 g/mol. The van der Waals surface area contributed by atoms with Crippen molar-refractivity contribution >= 4 is 5.91 Å².